The molecule has 0 bridgehead atoms. The molecule has 1 aromatic rings. The first-order valence-corrected chi connectivity index (χ1v) is 9.60. The summed E-state index contributed by atoms with van der Waals surface area (Å²) in [6.07, 6.45) is 6.51. The smallest absolute Gasteiger partial charge is 0.325 e. The highest BCUT2D eigenvalue weighted by Gasteiger charge is 2.52. The molecule has 1 aliphatic heterocycles. The average Bonchev–Trinajstić information content (AvgIpc) is 3.20. The number of hydrogen-bond acceptors (Lipinski definition) is 3. The molecule has 4 rings (SSSR count). The summed E-state index contributed by atoms with van der Waals surface area (Å²) in [4.78, 5) is 38.4. The monoisotopic (exact) mass is 355 g/mol. The fourth-order valence-corrected chi connectivity index (χ4v) is 4.58. The van der Waals surface area contributed by atoms with Crippen LogP contribution in [0.15, 0.2) is 24.3 Å². The van der Waals surface area contributed by atoms with Crippen molar-refractivity contribution in [2.75, 3.05) is 6.54 Å². The highest BCUT2D eigenvalue weighted by Crippen LogP contribution is 2.35. The predicted octanol–water partition coefficient (Wildman–Crippen LogP) is 2.43. The predicted molar refractivity (Wildman–Crippen MR) is 96.3 cm³/mol. The Morgan fingerprint density at radius 2 is 1.96 bits per heavy atom. The van der Waals surface area contributed by atoms with E-state index in [0.29, 0.717) is 12.8 Å². The fraction of sp³-hybridized carbons (Fsp3) is 0.550. The molecule has 2 fully saturated rings. The largest absolute Gasteiger partial charge is 0.349 e. The maximum atomic E-state index is 12.6. The molecule has 4 amide bonds. The molecule has 6 nitrogen and oxygen atoms in total. The van der Waals surface area contributed by atoms with E-state index < -0.39 is 5.54 Å². The molecule has 1 atom stereocenters. The van der Waals surface area contributed by atoms with Gasteiger partial charge in [-0.15, -0.1) is 0 Å². The number of nitrogens with zero attached hydrogens (tertiary/aromatic N) is 1. The van der Waals surface area contributed by atoms with E-state index in [4.69, 9.17) is 0 Å². The molecule has 1 saturated heterocycles. The van der Waals surface area contributed by atoms with Crippen LogP contribution in [0.3, 0.4) is 0 Å². The van der Waals surface area contributed by atoms with E-state index in [2.05, 4.69) is 22.8 Å². The summed E-state index contributed by atoms with van der Waals surface area (Å²) < 4.78 is 0. The van der Waals surface area contributed by atoms with Gasteiger partial charge in [0.25, 0.3) is 5.91 Å². The summed E-state index contributed by atoms with van der Waals surface area (Å²) in [6, 6.07) is 7.88. The minimum atomic E-state index is -0.699. The summed E-state index contributed by atoms with van der Waals surface area (Å²) in [7, 11) is 0. The number of urea groups is 1. The van der Waals surface area contributed by atoms with Gasteiger partial charge in [-0.1, -0.05) is 37.1 Å². The Balaban J connectivity index is 1.35. The van der Waals surface area contributed by atoms with Crippen molar-refractivity contribution in [1.82, 2.24) is 15.5 Å². The first-order valence-electron chi connectivity index (χ1n) is 9.60. The third-order valence-corrected chi connectivity index (χ3v) is 5.97. The van der Waals surface area contributed by atoms with Crippen molar-refractivity contribution < 1.29 is 14.4 Å². The SMILES string of the molecule is O=C(CCN1C(=O)NC2(CCCC2)C1=O)N[C@H]1CCCc2ccccc21. The van der Waals surface area contributed by atoms with Crippen molar-refractivity contribution >= 4 is 17.8 Å². The van der Waals surface area contributed by atoms with Crippen molar-refractivity contribution in [2.45, 2.75) is 62.9 Å². The molecule has 3 aliphatic rings. The van der Waals surface area contributed by atoms with Crippen LogP contribution in [-0.4, -0.2) is 34.8 Å². The number of rotatable bonds is 4. The summed E-state index contributed by atoms with van der Waals surface area (Å²) in [5, 5.41) is 5.93. The average molecular weight is 355 g/mol. The molecule has 1 heterocycles. The van der Waals surface area contributed by atoms with E-state index >= 15 is 0 Å². The second kappa shape index (κ2) is 6.74. The van der Waals surface area contributed by atoms with E-state index in [9.17, 15) is 14.4 Å². The quantitative estimate of drug-likeness (QED) is 0.814. The van der Waals surface area contributed by atoms with Gasteiger partial charge in [0.1, 0.15) is 5.54 Å². The summed E-state index contributed by atoms with van der Waals surface area (Å²) in [6.45, 7) is 0.145. The Labute approximate surface area is 153 Å². The molecule has 2 aliphatic carbocycles. The lowest BCUT2D eigenvalue weighted by Gasteiger charge is -2.26. The first kappa shape index (κ1) is 17.1. The lowest BCUT2D eigenvalue weighted by Crippen LogP contribution is -2.44. The van der Waals surface area contributed by atoms with Crippen molar-refractivity contribution in [3.05, 3.63) is 35.4 Å². The molecular formula is C20H25N3O3. The van der Waals surface area contributed by atoms with Crippen LogP contribution in [0.25, 0.3) is 0 Å². The lowest BCUT2D eigenvalue weighted by molar-refractivity contribution is -0.131. The van der Waals surface area contributed by atoms with Crippen molar-refractivity contribution in [3.63, 3.8) is 0 Å². The second-order valence-corrected chi connectivity index (χ2v) is 7.64. The maximum Gasteiger partial charge on any atom is 0.325 e. The van der Waals surface area contributed by atoms with Gasteiger partial charge in [-0.05, 0) is 43.2 Å². The Morgan fingerprint density at radius 1 is 1.19 bits per heavy atom. The van der Waals surface area contributed by atoms with Crippen LogP contribution in [0.2, 0.25) is 0 Å². The standard InChI is InChI=1S/C20H25N3O3/c24-17(21-16-9-5-7-14-6-1-2-8-15(14)16)10-13-23-18(25)20(22-19(23)26)11-3-4-12-20/h1-2,6,8,16H,3-5,7,9-13H2,(H,21,24)(H,22,26)/t16-/m0/s1. The Bertz CT molecular complexity index is 740. The molecule has 1 saturated carbocycles. The van der Waals surface area contributed by atoms with E-state index in [1.807, 2.05) is 12.1 Å². The van der Waals surface area contributed by atoms with Crippen molar-refractivity contribution in [1.29, 1.82) is 0 Å². The highest BCUT2D eigenvalue weighted by molar-refractivity contribution is 6.07. The summed E-state index contributed by atoms with van der Waals surface area (Å²) in [5.74, 6) is -0.268. The van der Waals surface area contributed by atoms with Gasteiger partial charge >= 0.3 is 6.03 Å². The van der Waals surface area contributed by atoms with Crippen molar-refractivity contribution in [2.24, 2.45) is 0 Å². The minimum absolute atomic E-state index is 0.0248. The van der Waals surface area contributed by atoms with E-state index in [1.165, 1.54) is 16.0 Å². The normalized spacial score (nSPS) is 23.8. The van der Waals surface area contributed by atoms with Crippen LogP contribution in [0, 0.1) is 0 Å². The van der Waals surface area contributed by atoms with Crippen LogP contribution in [0.4, 0.5) is 4.79 Å². The molecule has 2 N–H and O–H groups in total. The van der Waals surface area contributed by atoms with Crippen molar-refractivity contribution in [3.8, 4) is 0 Å². The van der Waals surface area contributed by atoms with Crippen LogP contribution >= 0.6 is 0 Å². The zero-order valence-electron chi connectivity index (χ0n) is 14.9. The second-order valence-electron chi connectivity index (χ2n) is 7.64. The van der Waals surface area contributed by atoms with E-state index in [-0.39, 0.29) is 36.9 Å². The number of aryl methyl sites for hydroxylation is 1. The van der Waals surface area contributed by atoms with E-state index in [1.54, 1.807) is 0 Å². The highest BCUT2D eigenvalue weighted by atomic mass is 16.2. The molecule has 1 spiro atoms. The fourth-order valence-electron chi connectivity index (χ4n) is 4.58. The summed E-state index contributed by atoms with van der Waals surface area (Å²) >= 11 is 0. The Morgan fingerprint density at radius 3 is 2.77 bits per heavy atom. The third-order valence-electron chi connectivity index (χ3n) is 5.97. The van der Waals surface area contributed by atoms with Crippen LogP contribution < -0.4 is 10.6 Å². The minimum Gasteiger partial charge on any atom is -0.349 e. The number of carbonyl (C=O) groups is 3. The Hall–Kier alpha value is -2.37. The van der Waals surface area contributed by atoms with Gasteiger partial charge < -0.3 is 10.6 Å². The maximum absolute atomic E-state index is 12.6. The zero-order chi connectivity index (χ0) is 18.1. The zero-order valence-corrected chi connectivity index (χ0v) is 14.9. The number of imide groups is 1. The molecule has 0 radical (unpaired) electrons. The van der Waals surface area contributed by atoms with Gasteiger partial charge in [0, 0.05) is 13.0 Å². The van der Waals surface area contributed by atoms with E-state index in [0.717, 1.165) is 32.1 Å². The third kappa shape index (κ3) is 2.97. The lowest BCUT2D eigenvalue weighted by atomic mass is 9.87. The molecule has 0 aromatic heterocycles. The molecule has 6 heteroatoms. The Kier molecular flexibility index (Phi) is 4.42. The van der Waals surface area contributed by atoms with Gasteiger partial charge in [-0.3, -0.25) is 14.5 Å². The number of amides is 4. The van der Waals surface area contributed by atoms with Gasteiger partial charge in [-0.2, -0.15) is 0 Å². The summed E-state index contributed by atoms with van der Waals surface area (Å²) in [5.41, 5.74) is 1.78. The molecule has 1 aromatic carbocycles. The number of fused-ring (bicyclic) bond motifs is 1. The van der Waals surface area contributed by atoms with Gasteiger partial charge in [0.05, 0.1) is 6.04 Å². The topological polar surface area (TPSA) is 78.5 Å². The number of benzene rings is 1. The molecular weight excluding hydrogens is 330 g/mol. The van der Waals surface area contributed by atoms with Crippen LogP contribution in [-0.2, 0) is 16.0 Å². The number of carbonyl (C=O) groups excluding carboxylic acids is 3. The number of hydrogen-bond donors (Lipinski definition) is 2. The van der Waals surface area contributed by atoms with Crippen LogP contribution in [0.1, 0.15) is 62.1 Å². The van der Waals surface area contributed by atoms with Gasteiger partial charge in [-0.25, -0.2) is 4.79 Å². The molecule has 26 heavy (non-hydrogen) atoms. The van der Waals surface area contributed by atoms with Gasteiger partial charge in [0.2, 0.25) is 5.91 Å². The first-order chi connectivity index (χ1) is 12.6. The van der Waals surface area contributed by atoms with Crippen LogP contribution in [0.5, 0.6) is 0 Å². The molecule has 0 unspecified atom stereocenters. The molecule has 138 valence electrons. The van der Waals surface area contributed by atoms with Gasteiger partial charge in [0.15, 0.2) is 0 Å². The number of nitrogens with one attached hydrogen (secondary N) is 2.